The van der Waals surface area contributed by atoms with E-state index in [1.54, 1.807) is 25.4 Å². The van der Waals surface area contributed by atoms with Crippen molar-refractivity contribution in [3.8, 4) is 17.1 Å². The zero-order valence-electron chi connectivity index (χ0n) is 10.4. The summed E-state index contributed by atoms with van der Waals surface area (Å²) in [6, 6.07) is 5.44. The highest BCUT2D eigenvalue weighted by atomic mass is 35.5. The molecule has 0 aromatic carbocycles. The van der Waals surface area contributed by atoms with Gasteiger partial charge in [-0.1, -0.05) is 18.5 Å². The molecule has 0 bridgehead atoms. The zero-order chi connectivity index (χ0) is 13.0. The lowest BCUT2D eigenvalue weighted by molar-refractivity contribution is 0.398. The number of rotatable bonds is 4. The van der Waals surface area contributed by atoms with Crippen molar-refractivity contribution in [1.29, 1.82) is 0 Å². The molecule has 0 fully saturated rings. The van der Waals surface area contributed by atoms with Gasteiger partial charge in [0.2, 0.25) is 5.88 Å². The molecule has 0 radical (unpaired) electrons. The van der Waals surface area contributed by atoms with E-state index >= 15 is 0 Å². The number of nitrogens with zero attached hydrogens (tertiary/aromatic N) is 3. The number of aromatic nitrogens is 3. The van der Waals surface area contributed by atoms with Crippen molar-refractivity contribution < 1.29 is 4.74 Å². The number of aryl methyl sites for hydroxylation is 1. The second kappa shape index (κ2) is 5.78. The van der Waals surface area contributed by atoms with Gasteiger partial charge in [0.15, 0.2) is 0 Å². The minimum atomic E-state index is 0.458. The lowest BCUT2D eigenvalue weighted by Crippen LogP contribution is -1.97. The molecular weight excluding hydrogens is 250 g/mol. The van der Waals surface area contributed by atoms with Crippen LogP contribution in [0, 0.1) is 0 Å². The van der Waals surface area contributed by atoms with Gasteiger partial charge in [-0.15, -0.1) is 0 Å². The van der Waals surface area contributed by atoms with Crippen molar-refractivity contribution >= 4 is 11.6 Å². The van der Waals surface area contributed by atoms with Crippen LogP contribution in [0.3, 0.4) is 0 Å². The van der Waals surface area contributed by atoms with Crippen LogP contribution < -0.4 is 4.74 Å². The fourth-order valence-corrected chi connectivity index (χ4v) is 1.80. The molecule has 2 rings (SSSR count). The lowest BCUT2D eigenvalue weighted by atomic mass is 10.2. The predicted molar refractivity (Wildman–Crippen MR) is 70.8 cm³/mol. The van der Waals surface area contributed by atoms with E-state index in [2.05, 4.69) is 21.9 Å². The Hall–Kier alpha value is -1.68. The van der Waals surface area contributed by atoms with E-state index in [9.17, 15) is 0 Å². The average molecular weight is 264 g/mol. The van der Waals surface area contributed by atoms with Crippen LogP contribution in [0.4, 0.5) is 0 Å². The standard InChI is InChI=1S/C13H14ClN3O/c1-3-4-12-16-10(7-11(14)17-12)9-5-6-13(18-2)15-8-9/h5-8H,3-4H2,1-2H3. The third-order valence-corrected chi connectivity index (χ3v) is 2.65. The van der Waals surface area contributed by atoms with Crippen molar-refractivity contribution in [3.63, 3.8) is 0 Å². The van der Waals surface area contributed by atoms with E-state index in [0.29, 0.717) is 11.0 Å². The summed E-state index contributed by atoms with van der Waals surface area (Å²) in [5, 5.41) is 0.458. The van der Waals surface area contributed by atoms with Crippen LogP contribution >= 0.6 is 11.6 Å². The molecule has 2 aromatic rings. The van der Waals surface area contributed by atoms with Gasteiger partial charge < -0.3 is 4.74 Å². The molecule has 0 unspecified atom stereocenters. The van der Waals surface area contributed by atoms with Gasteiger partial charge in [0.05, 0.1) is 12.8 Å². The number of ether oxygens (including phenoxy) is 1. The second-order valence-corrected chi connectivity index (χ2v) is 4.22. The van der Waals surface area contributed by atoms with Crippen molar-refractivity contribution in [2.45, 2.75) is 19.8 Å². The molecule has 0 atom stereocenters. The first-order chi connectivity index (χ1) is 8.72. The van der Waals surface area contributed by atoms with Crippen LogP contribution in [0.15, 0.2) is 24.4 Å². The summed E-state index contributed by atoms with van der Waals surface area (Å²) in [4.78, 5) is 12.8. The number of pyridine rings is 1. The maximum Gasteiger partial charge on any atom is 0.212 e. The van der Waals surface area contributed by atoms with Crippen LogP contribution in [-0.2, 0) is 6.42 Å². The maximum absolute atomic E-state index is 6.00. The summed E-state index contributed by atoms with van der Waals surface area (Å²) in [6.45, 7) is 2.08. The number of hydrogen-bond acceptors (Lipinski definition) is 4. The Kier molecular flexibility index (Phi) is 4.10. The Bertz CT molecular complexity index is 528. The van der Waals surface area contributed by atoms with E-state index < -0.39 is 0 Å². The first-order valence-corrected chi connectivity index (χ1v) is 6.14. The van der Waals surface area contributed by atoms with Crippen LogP contribution in [0.1, 0.15) is 19.2 Å². The molecule has 0 N–H and O–H groups in total. The fourth-order valence-electron chi connectivity index (χ4n) is 1.60. The lowest BCUT2D eigenvalue weighted by Gasteiger charge is -2.05. The van der Waals surface area contributed by atoms with Crippen LogP contribution in [-0.4, -0.2) is 22.1 Å². The van der Waals surface area contributed by atoms with E-state index in [1.165, 1.54) is 0 Å². The van der Waals surface area contributed by atoms with Crippen molar-refractivity contribution in [2.24, 2.45) is 0 Å². The predicted octanol–water partition coefficient (Wildman–Crippen LogP) is 3.15. The number of hydrogen-bond donors (Lipinski definition) is 0. The first kappa shape index (κ1) is 12.8. The molecule has 5 heteroatoms. The smallest absolute Gasteiger partial charge is 0.212 e. The molecule has 94 valence electrons. The molecule has 0 saturated carbocycles. The monoisotopic (exact) mass is 263 g/mol. The van der Waals surface area contributed by atoms with Crippen LogP contribution in [0.5, 0.6) is 5.88 Å². The van der Waals surface area contributed by atoms with E-state index in [4.69, 9.17) is 16.3 Å². The third-order valence-electron chi connectivity index (χ3n) is 2.46. The van der Waals surface area contributed by atoms with Crippen molar-refractivity contribution in [2.75, 3.05) is 7.11 Å². The van der Waals surface area contributed by atoms with Crippen molar-refractivity contribution in [3.05, 3.63) is 35.4 Å². The summed E-state index contributed by atoms with van der Waals surface area (Å²) < 4.78 is 5.02. The molecule has 4 nitrogen and oxygen atoms in total. The summed E-state index contributed by atoms with van der Waals surface area (Å²) >= 11 is 6.00. The Morgan fingerprint density at radius 3 is 2.72 bits per heavy atom. The maximum atomic E-state index is 6.00. The molecule has 0 aliphatic heterocycles. The van der Waals surface area contributed by atoms with Crippen molar-refractivity contribution in [1.82, 2.24) is 15.0 Å². The quantitative estimate of drug-likeness (QED) is 0.795. The van der Waals surface area contributed by atoms with Gasteiger partial charge in [0.25, 0.3) is 0 Å². The Labute approximate surface area is 111 Å². The molecule has 0 spiro atoms. The van der Waals surface area contributed by atoms with Crippen LogP contribution in [0.25, 0.3) is 11.3 Å². The van der Waals surface area contributed by atoms with E-state index in [-0.39, 0.29) is 0 Å². The van der Waals surface area contributed by atoms with Gasteiger partial charge >= 0.3 is 0 Å². The Morgan fingerprint density at radius 2 is 2.11 bits per heavy atom. The summed E-state index contributed by atoms with van der Waals surface area (Å²) in [7, 11) is 1.59. The minimum Gasteiger partial charge on any atom is -0.481 e. The second-order valence-electron chi connectivity index (χ2n) is 3.83. The molecule has 0 aliphatic rings. The van der Waals surface area contributed by atoms with E-state index in [1.807, 2.05) is 6.07 Å². The molecular formula is C13H14ClN3O. The Morgan fingerprint density at radius 1 is 1.28 bits per heavy atom. The normalized spacial score (nSPS) is 10.4. The molecule has 0 aliphatic carbocycles. The summed E-state index contributed by atoms with van der Waals surface area (Å²) in [5.41, 5.74) is 1.69. The topological polar surface area (TPSA) is 47.9 Å². The van der Waals surface area contributed by atoms with Gasteiger partial charge in [0, 0.05) is 30.3 Å². The van der Waals surface area contributed by atoms with E-state index in [0.717, 1.165) is 29.9 Å². The molecule has 2 heterocycles. The molecule has 2 aromatic heterocycles. The van der Waals surface area contributed by atoms with Gasteiger partial charge in [-0.05, 0) is 12.5 Å². The highest BCUT2D eigenvalue weighted by molar-refractivity contribution is 6.29. The number of halogens is 1. The highest BCUT2D eigenvalue weighted by Gasteiger charge is 2.06. The molecule has 18 heavy (non-hydrogen) atoms. The number of methoxy groups -OCH3 is 1. The minimum absolute atomic E-state index is 0.458. The SMILES string of the molecule is CCCc1nc(Cl)cc(-c2ccc(OC)nc2)n1. The molecule has 0 amide bonds. The molecule has 0 saturated heterocycles. The van der Waals surface area contributed by atoms with Gasteiger partial charge in [-0.25, -0.2) is 15.0 Å². The first-order valence-electron chi connectivity index (χ1n) is 5.76. The fraction of sp³-hybridized carbons (Fsp3) is 0.308. The third kappa shape index (κ3) is 2.96. The summed E-state index contributed by atoms with van der Waals surface area (Å²) in [6.07, 6.45) is 3.52. The van der Waals surface area contributed by atoms with Gasteiger partial charge in [-0.3, -0.25) is 0 Å². The van der Waals surface area contributed by atoms with Crippen LogP contribution in [0.2, 0.25) is 5.15 Å². The van der Waals surface area contributed by atoms with Gasteiger partial charge in [-0.2, -0.15) is 0 Å². The Balaban J connectivity index is 2.36. The largest absolute Gasteiger partial charge is 0.481 e. The zero-order valence-corrected chi connectivity index (χ0v) is 11.1. The average Bonchev–Trinajstić information content (AvgIpc) is 2.38. The summed E-state index contributed by atoms with van der Waals surface area (Å²) in [5.74, 6) is 1.34. The van der Waals surface area contributed by atoms with Gasteiger partial charge in [0.1, 0.15) is 11.0 Å². The highest BCUT2D eigenvalue weighted by Crippen LogP contribution is 2.21.